The van der Waals surface area contributed by atoms with Gasteiger partial charge in [0.05, 0.1) is 27.7 Å². The van der Waals surface area contributed by atoms with Crippen molar-refractivity contribution in [3.8, 4) is 23.7 Å². The van der Waals surface area contributed by atoms with Crippen LogP contribution in [0.4, 0.5) is 0 Å². The van der Waals surface area contributed by atoms with Crippen molar-refractivity contribution in [2.24, 2.45) is 0 Å². The number of hydrogen-bond donors (Lipinski definition) is 3. The average molecular weight is 587 g/mol. The standard InChI is InChI=1S/C31H56NO7P/c1-5-6-7-8-9-10-11-12-13-14-15-16-17-18-19-20-21-22-23-24-25-29(34)31(30(35)28-33)39-40(36,37)38-27-26-32(2,3)4/h30-31,33,35H,5-21,26-28H2,1-4H3/p+1/t30-,31?/m0/s1. The quantitative estimate of drug-likeness (QED) is 0.0409. The molecule has 0 aromatic carbocycles. The highest BCUT2D eigenvalue weighted by Gasteiger charge is 2.35. The Balaban J connectivity index is 4.06. The Kier molecular flexibility index (Phi) is 23.6. The number of nitrogens with zero attached hydrogens (tertiary/aromatic N) is 1. The fourth-order valence-corrected chi connectivity index (χ4v) is 4.92. The van der Waals surface area contributed by atoms with Gasteiger partial charge in [0.1, 0.15) is 19.3 Å². The van der Waals surface area contributed by atoms with Gasteiger partial charge in [-0.1, -0.05) is 109 Å². The van der Waals surface area contributed by atoms with Gasteiger partial charge in [-0.05, 0) is 24.2 Å². The normalized spacial score (nSPS) is 14.4. The predicted octanol–water partition coefficient (Wildman–Crippen LogP) is 5.78. The lowest BCUT2D eigenvalue weighted by Gasteiger charge is -2.25. The number of phosphoric ester groups is 1. The Bertz CT molecular complexity index is 820. The van der Waals surface area contributed by atoms with Crippen LogP contribution in [-0.4, -0.2) is 78.5 Å². The molecule has 3 atom stereocenters. The Labute approximate surface area is 244 Å². The van der Waals surface area contributed by atoms with Crippen LogP contribution < -0.4 is 0 Å². The summed E-state index contributed by atoms with van der Waals surface area (Å²) in [7, 11) is 1.000. The van der Waals surface area contributed by atoms with Crippen molar-refractivity contribution < 1.29 is 38.0 Å². The molecular formula is C31H57NO7P+. The first-order valence-electron chi connectivity index (χ1n) is 15.3. The van der Waals surface area contributed by atoms with E-state index in [1.54, 1.807) is 0 Å². The molecule has 0 aromatic rings. The van der Waals surface area contributed by atoms with Gasteiger partial charge in [0.15, 0.2) is 6.10 Å². The largest absolute Gasteiger partial charge is 0.473 e. The maximum Gasteiger partial charge on any atom is 0.473 e. The molecule has 0 aliphatic rings. The summed E-state index contributed by atoms with van der Waals surface area (Å²) in [5.74, 6) is 9.15. The number of quaternary nitrogens is 1. The van der Waals surface area contributed by atoms with Gasteiger partial charge in [0.25, 0.3) is 0 Å². The summed E-state index contributed by atoms with van der Waals surface area (Å²) in [6.45, 7) is 1.74. The zero-order valence-electron chi connectivity index (χ0n) is 25.7. The van der Waals surface area contributed by atoms with Crippen LogP contribution in [0, 0.1) is 23.7 Å². The highest BCUT2D eigenvalue weighted by molar-refractivity contribution is 7.47. The van der Waals surface area contributed by atoms with E-state index in [0.717, 1.165) is 12.8 Å². The van der Waals surface area contributed by atoms with E-state index in [2.05, 4.69) is 30.6 Å². The smallest absolute Gasteiger partial charge is 0.394 e. The summed E-state index contributed by atoms with van der Waals surface area (Å²) in [5, 5.41) is 19.1. The summed E-state index contributed by atoms with van der Waals surface area (Å²) < 4.78 is 22.4. The van der Waals surface area contributed by atoms with Crippen molar-refractivity contribution in [2.75, 3.05) is 40.9 Å². The second-order valence-corrected chi connectivity index (χ2v) is 13.0. The average Bonchev–Trinajstić information content (AvgIpc) is 2.89. The van der Waals surface area contributed by atoms with E-state index in [9.17, 15) is 24.5 Å². The Hall–Kier alpha value is -1.22. The number of rotatable bonds is 25. The summed E-state index contributed by atoms with van der Waals surface area (Å²) >= 11 is 0. The monoisotopic (exact) mass is 586 g/mol. The van der Waals surface area contributed by atoms with Crippen molar-refractivity contribution in [1.29, 1.82) is 0 Å². The minimum atomic E-state index is -4.64. The molecule has 0 heterocycles. The molecule has 232 valence electrons. The van der Waals surface area contributed by atoms with E-state index < -0.39 is 32.4 Å². The van der Waals surface area contributed by atoms with Gasteiger partial charge in [-0.15, -0.1) is 0 Å². The molecule has 0 saturated heterocycles. The maximum atomic E-state index is 12.3. The zero-order valence-corrected chi connectivity index (χ0v) is 26.6. The van der Waals surface area contributed by atoms with Crippen molar-refractivity contribution in [3.63, 3.8) is 0 Å². The van der Waals surface area contributed by atoms with Crippen molar-refractivity contribution >= 4 is 13.6 Å². The second kappa shape index (κ2) is 24.4. The van der Waals surface area contributed by atoms with Crippen molar-refractivity contribution in [2.45, 2.75) is 128 Å². The molecule has 0 aliphatic heterocycles. The van der Waals surface area contributed by atoms with Gasteiger partial charge in [-0.25, -0.2) is 4.57 Å². The van der Waals surface area contributed by atoms with Crippen LogP contribution in [0.2, 0.25) is 0 Å². The first-order valence-corrected chi connectivity index (χ1v) is 16.8. The van der Waals surface area contributed by atoms with Crippen LogP contribution in [0.25, 0.3) is 0 Å². The Morgan fingerprint density at radius 2 is 1.30 bits per heavy atom. The lowest BCUT2D eigenvalue weighted by molar-refractivity contribution is -0.870. The molecule has 0 radical (unpaired) electrons. The molecular weight excluding hydrogens is 529 g/mol. The Morgan fingerprint density at radius 1 is 0.825 bits per heavy atom. The van der Waals surface area contributed by atoms with Gasteiger partial charge in [-0.3, -0.25) is 13.8 Å². The highest BCUT2D eigenvalue weighted by Crippen LogP contribution is 2.45. The van der Waals surface area contributed by atoms with E-state index in [0.29, 0.717) is 17.4 Å². The van der Waals surface area contributed by atoms with E-state index in [-0.39, 0.29) is 6.61 Å². The van der Waals surface area contributed by atoms with Crippen LogP contribution in [-0.2, 0) is 18.4 Å². The SMILES string of the molecule is CCCCCCCCCCCCCCCCCCC#CC#CC(=O)C(OP(=O)(O)OCC[N+](C)(C)C)[C@@H](O)CO. The summed E-state index contributed by atoms with van der Waals surface area (Å²) in [4.78, 5) is 22.2. The molecule has 8 nitrogen and oxygen atoms in total. The van der Waals surface area contributed by atoms with Crippen LogP contribution in [0.15, 0.2) is 0 Å². The van der Waals surface area contributed by atoms with Gasteiger partial charge in [0, 0.05) is 6.42 Å². The van der Waals surface area contributed by atoms with E-state index >= 15 is 0 Å². The van der Waals surface area contributed by atoms with Crippen LogP contribution in [0.1, 0.15) is 116 Å². The third kappa shape index (κ3) is 24.6. The molecule has 0 aromatic heterocycles. The molecule has 9 heteroatoms. The third-order valence-corrected chi connectivity index (χ3v) is 7.55. The van der Waals surface area contributed by atoms with Gasteiger partial charge in [-0.2, -0.15) is 0 Å². The first-order chi connectivity index (χ1) is 19.0. The van der Waals surface area contributed by atoms with Crippen molar-refractivity contribution in [1.82, 2.24) is 0 Å². The molecule has 0 rings (SSSR count). The molecule has 0 spiro atoms. The number of Topliss-reactive ketones (excluding diaryl/α,β-unsaturated/α-hetero) is 1. The topological polar surface area (TPSA) is 113 Å². The fourth-order valence-electron chi connectivity index (χ4n) is 4.02. The van der Waals surface area contributed by atoms with Crippen LogP contribution in [0.5, 0.6) is 0 Å². The number of aliphatic hydroxyl groups is 2. The van der Waals surface area contributed by atoms with E-state index in [1.165, 1.54) is 89.9 Å². The minimum Gasteiger partial charge on any atom is -0.394 e. The van der Waals surface area contributed by atoms with Gasteiger partial charge >= 0.3 is 7.82 Å². The minimum absolute atomic E-state index is 0.0933. The number of carbonyl (C=O) groups excluding carboxylic acids is 1. The summed E-state index contributed by atoms with van der Waals surface area (Å²) in [6.07, 6.45) is 18.1. The first kappa shape index (κ1) is 38.8. The number of phosphoric acid groups is 1. The third-order valence-electron chi connectivity index (χ3n) is 6.55. The lowest BCUT2D eigenvalue weighted by Crippen LogP contribution is -2.39. The summed E-state index contributed by atoms with van der Waals surface area (Å²) in [5.41, 5.74) is 0. The van der Waals surface area contributed by atoms with Gasteiger partial charge < -0.3 is 19.6 Å². The lowest BCUT2D eigenvalue weighted by atomic mass is 10.0. The molecule has 0 amide bonds. The highest BCUT2D eigenvalue weighted by atomic mass is 31.2. The molecule has 0 bridgehead atoms. The summed E-state index contributed by atoms with van der Waals surface area (Å²) in [6, 6.07) is 0. The Morgan fingerprint density at radius 3 is 1.75 bits per heavy atom. The van der Waals surface area contributed by atoms with Crippen LogP contribution in [0.3, 0.4) is 0 Å². The molecule has 0 fully saturated rings. The number of unbranched alkanes of at least 4 members (excludes halogenated alkanes) is 16. The van der Waals surface area contributed by atoms with Gasteiger partial charge in [0.2, 0.25) is 5.78 Å². The number of likely N-dealkylation sites (N-methyl/N-ethyl adjacent to an activating group) is 1. The number of ketones is 1. The number of aliphatic hydroxyl groups excluding tert-OH is 2. The maximum absolute atomic E-state index is 12.3. The van der Waals surface area contributed by atoms with Crippen molar-refractivity contribution in [3.05, 3.63) is 0 Å². The number of hydrogen-bond acceptors (Lipinski definition) is 6. The molecule has 40 heavy (non-hydrogen) atoms. The molecule has 3 N–H and O–H groups in total. The van der Waals surface area contributed by atoms with Crippen LogP contribution >= 0.6 is 7.82 Å². The van der Waals surface area contributed by atoms with E-state index in [1.807, 2.05) is 21.1 Å². The molecule has 0 aliphatic carbocycles. The fraction of sp³-hybridized carbons (Fsp3) is 0.839. The molecule has 2 unspecified atom stereocenters. The predicted molar refractivity (Wildman–Crippen MR) is 161 cm³/mol. The molecule has 0 saturated carbocycles. The van der Waals surface area contributed by atoms with E-state index in [4.69, 9.17) is 9.05 Å². The second-order valence-electron chi connectivity index (χ2n) is 11.6. The number of carbonyl (C=O) groups is 1. The zero-order chi connectivity index (χ0) is 30.1.